The quantitative estimate of drug-likeness (QED) is 0.817. The Hall–Kier alpha value is -1.35. The highest BCUT2D eigenvalue weighted by molar-refractivity contribution is 5.81. The standard InChI is InChI=1S/C13H18N2O/c1-9(14)13(16)15(2)12-8-7-10-5-3-4-6-11(10)12/h3-6,9,12H,7-8,14H2,1-2H3. The van der Waals surface area contributed by atoms with E-state index in [0.29, 0.717) is 0 Å². The van der Waals surface area contributed by atoms with Crippen LogP contribution >= 0.6 is 0 Å². The van der Waals surface area contributed by atoms with Gasteiger partial charge in [0.2, 0.25) is 5.91 Å². The maximum atomic E-state index is 11.8. The van der Waals surface area contributed by atoms with E-state index in [1.54, 1.807) is 11.8 Å². The van der Waals surface area contributed by atoms with Crippen molar-refractivity contribution in [1.29, 1.82) is 0 Å². The van der Waals surface area contributed by atoms with Crippen LogP contribution < -0.4 is 5.73 Å². The minimum Gasteiger partial charge on any atom is -0.337 e. The zero-order valence-corrected chi connectivity index (χ0v) is 9.81. The Kier molecular flexibility index (Phi) is 2.97. The average molecular weight is 218 g/mol. The molecule has 1 aliphatic rings. The SMILES string of the molecule is CC(N)C(=O)N(C)C1CCc2ccccc21. The Bertz CT molecular complexity index is 401. The second-order valence-corrected chi connectivity index (χ2v) is 4.49. The van der Waals surface area contributed by atoms with Crippen LogP contribution in [0, 0.1) is 0 Å². The number of benzene rings is 1. The van der Waals surface area contributed by atoms with Gasteiger partial charge in [0.15, 0.2) is 0 Å². The fourth-order valence-corrected chi connectivity index (χ4v) is 2.41. The van der Waals surface area contributed by atoms with Crippen molar-refractivity contribution >= 4 is 5.91 Å². The molecule has 1 aliphatic carbocycles. The van der Waals surface area contributed by atoms with E-state index >= 15 is 0 Å². The minimum absolute atomic E-state index is 0.0155. The van der Waals surface area contributed by atoms with E-state index in [1.807, 2.05) is 13.1 Å². The monoisotopic (exact) mass is 218 g/mol. The Morgan fingerprint density at radius 3 is 2.88 bits per heavy atom. The highest BCUT2D eigenvalue weighted by Crippen LogP contribution is 2.34. The molecule has 0 radical (unpaired) electrons. The number of hydrogen-bond acceptors (Lipinski definition) is 2. The fourth-order valence-electron chi connectivity index (χ4n) is 2.41. The van der Waals surface area contributed by atoms with Crippen LogP contribution in [0.3, 0.4) is 0 Å². The molecule has 0 spiro atoms. The number of nitrogens with zero attached hydrogens (tertiary/aromatic N) is 1. The average Bonchev–Trinajstić information content (AvgIpc) is 2.70. The molecule has 2 rings (SSSR count). The molecule has 2 unspecified atom stereocenters. The zero-order valence-electron chi connectivity index (χ0n) is 9.81. The van der Waals surface area contributed by atoms with Gasteiger partial charge in [-0.1, -0.05) is 24.3 Å². The maximum Gasteiger partial charge on any atom is 0.239 e. The van der Waals surface area contributed by atoms with Crippen LogP contribution in [-0.2, 0) is 11.2 Å². The van der Waals surface area contributed by atoms with Gasteiger partial charge in [-0.15, -0.1) is 0 Å². The molecule has 1 aromatic rings. The molecular weight excluding hydrogens is 200 g/mol. The van der Waals surface area contributed by atoms with Crippen molar-refractivity contribution in [1.82, 2.24) is 4.90 Å². The predicted molar refractivity (Wildman–Crippen MR) is 63.9 cm³/mol. The number of nitrogens with two attached hydrogens (primary N) is 1. The molecule has 1 amide bonds. The van der Waals surface area contributed by atoms with Crippen molar-refractivity contribution in [3.05, 3.63) is 35.4 Å². The molecule has 0 saturated heterocycles. The number of rotatable bonds is 2. The molecule has 0 heterocycles. The zero-order chi connectivity index (χ0) is 11.7. The van der Waals surface area contributed by atoms with Gasteiger partial charge < -0.3 is 10.6 Å². The highest BCUT2D eigenvalue weighted by Gasteiger charge is 2.29. The topological polar surface area (TPSA) is 46.3 Å². The van der Waals surface area contributed by atoms with Gasteiger partial charge in [-0.2, -0.15) is 0 Å². The summed E-state index contributed by atoms with van der Waals surface area (Å²) in [5.74, 6) is 0.0155. The molecule has 0 aromatic heterocycles. The van der Waals surface area contributed by atoms with E-state index in [9.17, 15) is 4.79 Å². The van der Waals surface area contributed by atoms with Gasteiger partial charge >= 0.3 is 0 Å². The summed E-state index contributed by atoms with van der Waals surface area (Å²) in [5.41, 5.74) is 8.27. The smallest absolute Gasteiger partial charge is 0.239 e. The van der Waals surface area contributed by atoms with Gasteiger partial charge in [-0.25, -0.2) is 0 Å². The van der Waals surface area contributed by atoms with E-state index in [0.717, 1.165) is 12.8 Å². The normalized spacial score (nSPS) is 20.3. The Labute approximate surface area is 96.2 Å². The molecule has 1 aromatic carbocycles. The lowest BCUT2D eigenvalue weighted by atomic mass is 10.1. The van der Waals surface area contributed by atoms with Crippen LogP contribution in [0.1, 0.15) is 30.5 Å². The Morgan fingerprint density at radius 2 is 2.19 bits per heavy atom. The third-order valence-electron chi connectivity index (χ3n) is 3.31. The molecule has 2 N–H and O–H groups in total. The largest absolute Gasteiger partial charge is 0.337 e. The predicted octanol–water partition coefficient (Wildman–Crippen LogP) is 1.48. The maximum absolute atomic E-state index is 11.8. The summed E-state index contributed by atoms with van der Waals surface area (Å²) in [7, 11) is 1.85. The van der Waals surface area contributed by atoms with Crippen molar-refractivity contribution in [2.24, 2.45) is 5.73 Å². The van der Waals surface area contributed by atoms with Gasteiger partial charge in [0.1, 0.15) is 0 Å². The van der Waals surface area contributed by atoms with Crippen LogP contribution in [0.5, 0.6) is 0 Å². The third kappa shape index (κ3) is 1.83. The van der Waals surface area contributed by atoms with Crippen LogP contribution in [-0.4, -0.2) is 23.9 Å². The fraction of sp³-hybridized carbons (Fsp3) is 0.462. The summed E-state index contributed by atoms with van der Waals surface area (Å²) >= 11 is 0. The first-order valence-electron chi connectivity index (χ1n) is 5.71. The minimum atomic E-state index is -0.419. The first-order chi connectivity index (χ1) is 7.61. The number of carbonyl (C=O) groups is 1. The molecule has 86 valence electrons. The third-order valence-corrected chi connectivity index (χ3v) is 3.31. The van der Waals surface area contributed by atoms with Crippen molar-refractivity contribution in [3.8, 4) is 0 Å². The summed E-state index contributed by atoms with van der Waals surface area (Å²) in [6.07, 6.45) is 2.06. The van der Waals surface area contributed by atoms with Crippen molar-refractivity contribution in [2.75, 3.05) is 7.05 Å². The van der Waals surface area contributed by atoms with Crippen LogP contribution in [0.4, 0.5) is 0 Å². The summed E-state index contributed by atoms with van der Waals surface area (Å²) in [5, 5.41) is 0. The summed E-state index contributed by atoms with van der Waals surface area (Å²) in [6, 6.07) is 8.11. The Balaban J connectivity index is 2.22. The lowest BCUT2D eigenvalue weighted by Crippen LogP contribution is -2.41. The second kappa shape index (κ2) is 4.26. The first-order valence-corrected chi connectivity index (χ1v) is 5.71. The molecule has 16 heavy (non-hydrogen) atoms. The van der Waals surface area contributed by atoms with E-state index in [4.69, 9.17) is 5.73 Å². The molecular formula is C13H18N2O. The van der Waals surface area contributed by atoms with Crippen molar-refractivity contribution < 1.29 is 4.79 Å². The molecule has 0 fully saturated rings. The number of fused-ring (bicyclic) bond motifs is 1. The number of hydrogen-bond donors (Lipinski definition) is 1. The van der Waals surface area contributed by atoms with Gasteiger partial charge in [-0.3, -0.25) is 4.79 Å². The van der Waals surface area contributed by atoms with E-state index in [1.165, 1.54) is 11.1 Å². The first kappa shape index (κ1) is 11.1. The lowest BCUT2D eigenvalue weighted by Gasteiger charge is -2.27. The molecule has 0 bridgehead atoms. The second-order valence-electron chi connectivity index (χ2n) is 4.49. The number of aryl methyl sites for hydroxylation is 1. The van der Waals surface area contributed by atoms with Crippen molar-refractivity contribution in [2.45, 2.75) is 31.8 Å². The molecule has 3 nitrogen and oxygen atoms in total. The summed E-state index contributed by atoms with van der Waals surface area (Å²) in [4.78, 5) is 13.6. The van der Waals surface area contributed by atoms with Crippen LogP contribution in [0.25, 0.3) is 0 Å². The molecule has 2 atom stereocenters. The van der Waals surface area contributed by atoms with Crippen LogP contribution in [0.15, 0.2) is 24.3 Å². The van der Waals surface area contributed by atoms with Gasteiger partial charge in [0.25, 0.3) is 0 Å². The van der Waals surface area contributed by atoms with Crippen LogP contribution in [0.2, 0.25) is 0 Å². The Morgan fingerprint density at radius 1 is 1.50 bits per heavy atom. The van der Waals surface area contributed by atoms with E-state index in [2.05, 4.69) is 18.2 Å². The number of likely N-dealkylation sites (N-methyl/N-ethyl adjacent to an activating group) is 1. The van der Waals surface area contributed by atoms with E-state index < -0.39 is 6.04 Å². The highest BCUT2D eigenvalue weighted by atomic mass is 16.2. The number of carbonyl (C=O) groups excluding carboxylic acids is 1. The molecule has 0 saturated carbocycles. The molecule has 3 heteroatoms. The van der Waals surface area contributed by atoms with Gasteiger partial charge in [0, 0.05) is 7.05 Å². The van der Waals surface area contributed by atoms with Gasteiger partial charge in [-0.05, 0) is 30.9 Å². The van der Waals surface area contributed by atoms with E-state index in [-0.39, 0.29) is 11.9 Å². The van der Waals surface area contributed by atoms with Gasteiger partial charge in [0.05, 0.1) is 12.1 Å². The van der Waals surface area contributed by atoms with Crippen molar-refractivity contribution in [3.63, 3.8) is 0 Å². The summed E-state index contributed by atoms with van der Waals surface area (Å²) < 4.78 is 0. The molecule has 0 aliphatic heterocycles. The summed E-state index contributed by atoms with van der Waals surface area (Å²) in [6.45, 7) is 1.74. The lowest BCUT2D eigenvalue weighted by molar-refractivity contribution is -0.133. The number of amides is 1.